The van der Waals surface area contributed by atoms with E-state index in [-0.39, 0.29) is 17.8 Å². The molecule has 0 saturated carbocycles. The number of unbranched alkanes of at least 4 members (excludes halogenated alkanes) is 3. The third-order valence-electron chi connectivity index (χ3n) is 13.8. The largest absolute Gasteiger partial charge is 0.478 e. The van der Waals surface area contributed by atoms with Gasteiger partial charge in [0.25, 0.3) is 0 Å². The molecule has 0 amide bonds. The van der Waals surface area contributed by atoms with Gasteiger partial charge in [0.1, 0.15) is 24.6 Å². The van der Waals surface area contributed by atoms with Crippen LogP contribution in [0.3, 0.4) is 0 Å². The van der Waals surface area contributed by atoms with Gasteiger partial charge < -0.3 is 43.2 Å². The number of hydrogen-bond acceptors (Lipinski definition) is 10. The van der Waals surface area contributed by atoms with Gasteiger partial charge in [0.15, 0.2) is 5.78 Å². The van der Waals surface area contributed by atoms with Crippen molar-refractivity contribution in [1.82, 2.24) is 4.58 Å². The number of carboxylic acid groups (broad SMARTS) is 1. The van der Waals surface area contributed by atoms with Crippen LogP contribution >= 0.6 is 11.6 Å². The lowest BCUT2D eigenvalue weighted by Crippen LogP contribution is -2.41. The topological polar surface area (TPSA) is 125 Å². The zero-order valence-electron chi connectivity index (χ0n) is 39.6. The number of aromatic carboxylic acids is 1. The summed E-state index contributed by atoms with van der Waals surface area (Å²) in [7, 11) is 0. The van der Waals surface area contributed by atoms with Gasteiger partial charge >= 0.3 is 5.97 Å². The van der Waals surface area contributed by atoms with Gasteiger partial charge in [-0.15, -0.1) is 11.6 Å². The number of hydrogen-bond donors (Lipinski definition) is 1. The van der Waals surface area contributed by atoms with Gasteiger partial charge in [0.05, 0.1) is 77.2 Å². The van der Waals surface area contributed by atoms with Crippen molar-refractivity contribution in [3.63, 3.8) is 0 Å². The second-order valence-electron chi connectivity index (χ2n) is 18.4. The minimum atomic E-state index is -1.01. The molecular formula is C54H72ClN2O10+. The number of carboxylic acids is 1. The minimum Gasteiger partial charge on any atom is -0.478 e. The van der Waals surface area contributed by atoms with Crippen LogP contribution in [0.25, 0.3) is 5.57 Å². The molecule has 3 aromatic rings. The Morgan fingerprint density at radius 1 is 0.612 bits per heavy atom. The van der Waals surface area contributed by atoms with Gasteiger partial charge in [-0.2, -0.15) is 0 Å². The first-order valence-corrected chi connectivity index (χ1v) is 25.9. The van der Waals surface area contributed by atoms with Crippen molar-refractivity contribution in [3.05, 3.63) is 85.4 Å². The van der Waals surface area contributed by atoms with E-state index in [1.807, 2.05) is 6.07 Å². The second-order valence-corrected chi connectivity index (χ2v) is 18.8. The molecule has 0 atom stereocenters. The Balaban J connectivity index is 0.851. The van der Waals surface area contributed by atoms with Gasteiger partial charge in [0.2, 0.25) is 5.36 Å². The number of anilines is 1. The Bertz CT molecular complexity index is 2300. The van der Waals surface area contributed by atoms with E-state index in [1.54, 1.807) is 12.1 Å². The first-order valence-electron chi connectivity index (χ1n) is 25.4. The Kier molecular flexibility index (Phi) is 19.0. The van der Waals surface area contributed by atoms with Crippen LogP contribution in [-0.2, 0) is 54.1 Å². The number of carbonyl (C=O) groups is 2. The number of ether oxygens (including phenoxy) is 7. The van der Waals surface area contributed by atoms with Gasteiger partial charge in [0, 0.05) is 90.2 Å². The molecular weight excluding hydrogens is 872 g/mol. The highest BCUT2D eigenvalue weighted by molar-refractivity contribution is 6.17. The molecule has 0 bridgehead atoms. The molecule has 0 aliphatic carbocycles. The second kappa shape index (κ2) is 25.6. The summed E-state index contributed by atoms with van der Waals surface area (Å²) in [5.41, 5.74) is 9.58. The number of benzene rings is 3. The number of alkyl halides is 1. The van der Waals surface area contributed by atoms with Crippen LogP contribution in [0.1, 0.15) is 131 Å². The van der Waals surface area contributed by atoms with Crippen LogP contribution in [0.15, 0.2) is 30.3 Å². The first kappa shape index (κ1) is 49.5. The van der Waals surface area contributed by atoms with E-state index in [1.165, 1.54) is 33.3 Å². The fourth-order valence-corrected chi connectivity index (χ4v) is 10.8. The third kappa shape index (κ3) is 12.7. The Morgan fingerprint density at radius 3 is 1.96 bits per heavy atom. The Hall–Kier alpha value is -3.88. The lowest BCUT2D eigenvalue weighted by Gasteiger charge is -2.35. The molecule has 8 rings (SSSR count). The molecule has 12 nitrogen and oxygen atoms in total. The number of Topliss-reactive ketones (excluding diaryl/α,β-unsaturated/α-hetero) is 1. The number of fused-ring (bicyclic) bond motifs is 4. The van der Waals surface area contributed by atoms with E-state index < -0.39 is 5.97 Å². The normalized spacial score (nSPS) is 16.1. The smallest absolute Gasteiger partial charge is 0.336 e. The molecule has 5 aliphatic heterocycles. The molecule has 5 heterocycles. The van der Waals surface area contributed by atoms with Crippen LogP contribution in [0.2, 0.25) is 0 Å². The number of nitrogens with zero attached hydrogens (tertiary/aromatic N) is 2. The molecule has 0 saturated heterocycles. The molecule has 1 N–H and O–H groups in total. The maximum absolute atomic E-state index is 13.9. The monoisotopic (exact) mass is 943 g/mol. The zero-order valence-corrected chi connectivity index (χ0v) is 40.4. The SMILES string of the molecule is O=C(CCCOCCOCCOCCOCCOCCOCCCCCCCl)c1ccc(C(=O)O)c(C2=c3cc4c5c(c3Oc3c2cc2c6c3CCCN6CCCC2)CCC[N+]=5CCCC4)c1. The average Bonchev–Trinajstić information content (AvgIpc) is 3.69. The van der Waals surface area contributed by atoms with Gasteiger partial charge in [-0.1, -0.05) is 18.9 Å². The first-order chi connectivity index (χ1) is 33.0. The summed E-state index contributed by atoms with van der Waals surface area (Å²) in [5, 5.41) is 13.1. The molecule has 3 aromatic carbocycles. The molecule has 0 radical (unpaired) electrons. The van der Waals surface area contributed by atoms with Gasteiger partial charge in [-0.3, -0.25) is 4.79 Å². The van der Waals surface area contributed by atoms with E-state index in [9.17, 15) is 14.7 Å². The molecule has 0 aromatic heterocycles. The highest BCUT2D eigenvalue weighted by Gasteiger charge is 2.36. The fourth-order valence-electron chi connectivity index (χ4n) is 10.6. The van der Waals surface area contributed by atoms with E-state index >= 15 is 0 Å². The standard InChI is InChI=1S/C54H71ClN2O10/c55-19-5-1-2-8-24-61-26-28-63-30-32-65-34-35-66-33-31-64-29-27-62-25-11-16-48(58)39-17-18-42(54(59)60)45(36-39)49-46-37-40-12-3-6-20-56-22-9-14-43(50(40)56)52(46)67-53-44-15-10-23-57-21-7-4-13-41(51(44)57)38-47(49)53/h17-18,36-38H,1-16,19-35H2/p+1. The van der Waals surface area contributed by atoms with Crippen LogP contribution in [-0.4, -0.2) is 128 Å². The average molecular weight is 945 g/mol. The molecule has 0 spiro atoms. The summed E-state index contributed by atoms with van der Waals surface area (Å²) in [6.45, 7) is 10.3. The van der Waals surface area contributed by atoms with Gasteiger partial charge in [-0.25, -0.2) is 9.37 Å². The van der Waals surface area contributed by atoms with Crippen molar-refractivity contribution in [3.8, 4) is 11.5 Å². The predicted octanol–water partition coefficient (Wildman–Crippen LogP) is 7.46. The lowest BCUT2D eigenvalue weighted by atomic mass is 9.82. The zero-order chi connectivity index (χ0) is 46.2. The Morgan fingerprint density at radius 2 is 1.24 bits per heavy atom. The van der Waals surface area contributed by atoms with Crippen LogP contribution in [0.5, 0.6) is 11.5 Å². The molecule has 13 heteroatoms. The third-order valence-corrected chi connectivity index (χ3v) is 14.0. The van der Waals surface area contributed by atoms with Crippen molar-refractivity contribution >= 4 is 34.6 Å². The molecule has 0 fully saturated rings. The van der Waals surface area contributed by atoms with Crippen molar-refractivity contribution in [1.29, 1.82) is 0 Å². The van der Waals surface area contributed by atoms with Crippen molar-refractivity contribution in [2.24, 2.45) is 0 Å². The summed E-state index contributed by atoms with van der Waals surface area (Å²) in [6.07, 6.45) is 15.7. The lowest BCUT2D eigenvalue weighted by molar-refractivity contribution is -0.0169. The fraction of sp³-hybridized carbons (Fsp3) is 0.611. The summed E-state index contributed by atoms with van der Waals surface area (Å²) in [6, 6.07) is 9.75. The minimum absolute atomic E-state index is 0.0367. The van der Waals surface area contributed by atoms with E-state index in [0.717, 1.165) is 156 Å². The number of carbonyl (C=O) groups excluding carboxylic acids is 1. The van der Waals surface area contributed by atoms with Crippen LogP contribution in [0.4, 0.5) is 5.69 Å². The molecule has 5 aliphatic rings. The maximum atomic E-state index is 13.9. The summed E-state index contributed by atoms with van der Waals surface area (Å²) < 4.78 is 43.6. The van der Waals surface area contributed by atoms with E-state index in [0.29, 0.717) is 90.2 Å². The predicted molar refractivity (Wildman–Crippen MR) is 261 cm³/mol. The number of aryl methyl sites for hydroxylation is 2. The van der Waals surface area contributed by atoms with Crippen LogP contribution < -0.4 is 24.8 Å². The Labute approximate surface area is 401 Å². The highest BCUT2D eigenvalue weighted by atomic mass is 35.5. The maximum Gasteiger partial charge on any atom is 0.336 e. The molecule has 364 valence electrons. The van der Waals surface area contributed by atoms with E-state index in [2.05, 4.69) is 21.6 Å². The van der Waals surface area contributed by atoms with Crippen molar-refractivity contribution in [2.45, 2.75) is 103 Å². The summed E-state index contributed by atoms with van der Waals surface area (Å²) in [5.74, 6) is 1.43. The molecule has 0 unspecified atom stereocenters. The highest BCUT2D eigenvalue weighted by Crippen LogP contribution is 2.48. The number of ketones is 1. The molecule has 67 heavy (non-hydrogen) atoms. The summed E-state index contributed by atoms with van der Waals surface area (Å²) >= 11 is 5.70. The number of halogens is 1. The van der Waals surface area contributed by atoms with E-state index in [4.69, 9.17) is 44.8 Å². The van der Waals surface area contributed by atoms with Crippen LogP contribution in [0, 0.1) is 0 Å². The number of rotatable bonds is 28. The van der Waals surface area contributed by atoms with Gasteiger partial charge in [-0.05, 0) is 106 Å². The quantitative estimate of drug-likeness (QED) is 0.0264. The summed E-state index contributed by atoms with van der Waals surface area (Å²) in [4.78, 5) is 29.6. The van der Waals surface area contributed by atoms with Crippen molar-refractivity contribution < 1.29 is 47.9 Å². The van der Waals surface area contributed by atoms with Crippen molar-refractivity contribution in [2.75, 3.05) is 116 Å².